The lowest BCUT2D eigenvalue weighted by Gasteiger charge is -2.17. The van der Waals surface area contributed by atoms with Gasteiger partial charge in [0.25, 0.3) is 0 Å². The summed E-state index contributed by atoms with van der Waals surface area (Å²) in [6.07, 6.45) is 1.77. The molecule has 4 N–H and O–H groups in total. The van der Waals surface area contributed by atoms with Crippen LogP contribution in [0.2, 0.25) is 0 Å². The second kappa shape index (κ2) is 6.79. The Bertz CT molecular complexity index is 1190. The van der Waals surface area contributed by atoms with E-state index in [1.165, 1.54) is 11.1 Å². The van der Waals surface area contributed by atoms with Crippen molar-refractivity contribution in [3.8, 4) is 11.3 Å². The van der Waals surface area contributed by atoms with E-state index in [0.717, 1.165) is 32.8 Å². The van der Waals surface area contributed by atoms with Gasteiger partial charge in [-0.25, -0.2) is 9.97 Å². The van der Waals surface area contributed by atoms with Gasteiger partial charge in [0, 0.05) is 22.5 Å². The molecule has 4 aromatic rings. The second-order valence-corrected chi connectivity index (χ2v) is 8.00. The molecule has 0 amide bonds. The van der Waals surface area contributed by atoms with E-state index in [1.807, 2.05) is 12.1 Å². The zero-order chi connectivity index (χ0) is 20.0. The molecule has 2 aromatic heterocycles. The van der Waals surface area contributed by atoms with Gasteiger partial charge in [0.1, 0.15) is 11.6 Å². The maximum atomic E-state index is 6.34. The molecule has 0 saturated heterocycles. The van der Waals surface area contributed by atoms with Crippen molar-refractivity contribution in [3.63, 3.8) is 0 Å². The molecule has 0 aliphatic heterocycles. The number of aromatic nitrogens is 2. The number of benzene rings is 2. The van der Waals surface area contributed by atoms with Crippen molar-refractivity contribution in [1.82, 2.24) is 9.97 Å². The van der Waals surface area contributed by atoms with Gasteiger partial charge in [-0.05, 0) is 51.9 Å². The molecule has 4 heteroatoms. The number of nitrogens with two attached hydrogens (primary N) is 2. The minimum absolute atomic E-state index is 0.307. The number of hydrogen-bond acceptors (Lipinski definition) is 4. The molecule has 4 rings (SSSR count). The Balaban J connectivity index is 2.02. The van der Waals surface area contributed by atoms with Crippen molar-refractivity contribution in [2.75, 3.05) is 11.5 Å². The van der Waals surface area contributed by atoms with Crippen LogP contribution in [0.3, 0.4) is 0 Å². The smallest absolute Gasteiger partial charge is 0.131 e. The predicted molar refractivity (Wildman–Crippen MR) is 119 cm³/mol. The van der Waals surface area contributed by atoms with Crippen LogP contribution in [0.1, 0.15) is 50.7 Å². The Morgan fingerprint density at radius 2 is 1.50 bits per heavy atom. The van der Waals surface area contributed by atoms with Crippen LogP contribution >= 0.6 is 0 Å². The van der Waals surface area contributed by atoms with E-state index in [1.54, 1.807) is 6.20 Å². The quantitative estimate of drug-likeness (QED) is 0.473. The van der Waals surface area contributed by atoms with Crippen LogP contribution in [-0.4, -0.2) is 9.97 Å². The van der Waals surface area contributed by atoms with Gasteiger partial charge in [-0.1, -0.05) is 52.0 Å². The van der Waals surface area contributed by atoms with Crippen molar-refractivity contribution in [2.24, 2.45) is 0 Å². The molecule has 142 valence electrons. The predicted octanol–water partition coefficient (Wildman–Crippen LogP) is 5.86. The lowest BCUT2D eigenvalue weighted by atomic mass is 9.89. The van der Waals surface area contributed by atoms with Crippen LogP contribution in [0, 0.1) is 0 Å². The van der Waals surface area contributed by atoms with Gasteiger partial charge < -0.3 is 11.5 Å². The van der Waals surface area contributed by atoms with Gasteiger partial charge in [0.05, 0.1) is 5.69 Å². The Morgan fingerprint density at radius 1 is 0.750 bits per heavy atom. The molecular formula is C24H26N4. The zero-order valence-corrected chi connectivity index (χ0v) is 16.8. The summed E-state index contributed by atoms with van der Waals surface area (Å²) in [5.74, 6) is 1.89. The number of fused-ring (bicyclic) bond motifs is 2. The fourth-order valence-electron chi connectivity index (χ4n) is 3.95. The van der Waals surface area contributed by atoms with Crippen molar-refractivity contribution >= 4 is 33.2 Å². The molecule has 28 heavy (non-hydrogen) atoms. The van der Waals surface area contributed by atoms with E-state index in [2.05, 4.69) is 63.0 Å². The summed E-state index contributed by atoms with van der Waals surface area (Å²) in [4.78, 5) is 8.98. The summed E-state index contributed by atoms with van der Waals surface area (Å²) < 4.78 is 0. The Labute approximate surface area is 165 Å². The van der Waals surface area contributed by atoms with Crippen LogP contribution in [0.5, 0.6) is 0 Å². The van der Waals surface area contributed by atoms with Gasteiger partial charge in [0.15, 0.2) is 0 Å². The van der Waals surface area contributed by atoms with Crippen LogP contribution in [0.25, 0.3) is 32.8 Å². The number of anilines is 2. The number of pyridine rings is 2. The first-order chi connectivity index (χ1) is 13.4. The van der Waals surface area contributed by atoms with Crippen LogP contribution in [0.15, 0.2) is 48.7 Å². The SMILES string of the molecule is CC(C)c1ccc2c(N)nc(-c3ccc4c(N)nccc4c3C(C)C)cc2c1. The number of hydrogen-bond donors (Lipinski definition) is 2. The fraction of sp³-hybridized carbons (Fsp3) is 0.250. The molecule has 0 saturated carbocycles. The third kappa shape index (κ3) is 2.95. The molecule has 0 radical (unpaired) electrons. The number of nitrogens with zero attached hydrogens (tertiary/aromatic N) is 2. The van der Waals surface area contributed by atoms with Crippen LogP contribution in [-0.2, 0) is 0 Å². The molecule has 0 aliphatic carbocycles. The van der Waals surface area contributed by atoms with E-state index >= 15 is 0 Å². The first-order valence-corrected chi connectivity index (χ1v) is 9.74. The molecule has 0 spiro atoms. The monoisotopic (exact) mass is 370 g/mol. The minimum Gasteiger partial charge on any atom is -0.383 e. The highest BCUT2D eigenvalue weighted by Crippen LogP contribution is 2.37. The van der Waals surface area contributed by atoms with Crippen molar-refractivity contribution in [2.45, 2.75) is 39.5 Å². The second-order valence-electron chi connectivity index (χ2n) is 8.00. The van der Waals surface area contributed by atoms with Gasteiger partial charge in [-0.2, -0.15) is 0 Å². The molecule has 0 unspecified atom stereocenters. The molecule has 0 atom stereocenters. The van der Waals surface area contributed by atoms with Crippen molar-refractivity contribution in [1.29, 1.82) is 0 Å². The summed E-state index contributed by atoms with van der Waals surface area (Å²) in [6, 6.07) is 14.7. The maximum absolute atomic E-state index is 6.34. The van der Waals surface area contributed by atoms with E-state index in [4.69, 9.17) is 16.5 Å². The zero-order valence-electron chi connectivity index (χ0n) is 16.8. The Hall–Kier alpha value is -3.14. The summed E-state index contributed by atoms with van der Waals surface area (Å²) in [7, 11) is 0. The Morgan fingerprint density at radius 3 is 2.21 bits per heavy atom. The summed E-state index contributed by atoms with van der Waals surface area (Å²) in [5, 5.41) is 4.22. The average Bonchev–Trinajstić information content (AvgIpc) is 2.66. The number of nitrogen functional groups attached to an aromatic ring is 2. The van der Waals surface area contributed by atoms with Gasteiger partial charge in [0.2, 0.25) is 0 Å². The van der Waals surface area contributed by atoms with E-state index in [-0.39, 0.29) is 0 Å². The third-order valence-electron chi connectivity index (χ3n) is 5.42. The summed E-state index contributed by atoms with van der Waals surface area (Å²) in [6.45, 7) is 8.78. The normalized spacial score (nSPS) is 11.8. The topological polar surface area (TPSA) is 77.8 Å². The first-order valence-electron chi connectivity index (χ1n) is 9.74. The molecule has 0 aliphatic rings. The van der Waals surface area contributed by atoms with Crippen molar-refractivity contribution < 1.29 is 0 Å². The first kappa shape index (κ1) is 18.2. The number of rotatable bonds is 3. The van der Waals surface area contributed by atoms with Gasteiger partial charge in [-0.15, -0.1) is 0 Å². The minimum atomic E-state index is 0.307. The lowest BCUT2D eigenvalue weighted by Crippen LogP contribution is -2.01. The van der Waals surface area contributed by atoms with Crippen LogP contribution in [0.4, 0.5) is 11.6 Å². The highest BCUT2D eigenvalue weighted by Gasteiger charge is 2.16. The fourth-order valence-corrected chi connectivity index (χ4v) is 3.95. The lowest BCUT2D eigenvalue weighted by molar-refractivity contribution is 0.868. The summed E-state index contributed by atoms with van der Waals surface area (Å²) in [5.41, 5.74) is 17.0. The highest BCUT2D eigenvalue weighted by molar-refractivity contribution is 5.99. The van der Waals surface area contributed by atoms with Crippen molar-refractivity contribution in [3.05, 3.63) is 59.8 Å². The molecule has 4 nitrogen and oxygen atoms in total. The molecular weight excluding hydrogens is 344 g/mol. The van der Waals surface area contributed by atoms with Gasteiger partial charge >= 0.3 is 0 Å². The Kier molecular flexibility index (Phi) is 4.42. The molecule has 0 fully saturated rings. The molecule has 0 bridgehead atoms. The summed E-state index contributed by atoms with van der Waals surface area (Å²) >= 11 is 0. The molecule has 2 heterocycles. The highest BCUT2D eigenvalue weighted by atomic mass is 14.8. The van der Waals surface area contributed by atoms with E-state index < -0.39 is 0 Å². The largest absolute Gasteiger partial charge is 0.383 e. The van der Waals surface area contributed by atoms with E-state index in [0.29, 0.717) is 23.5 Å². The standard InChI is InChI=1S/C24H26N4/c1-13(2)15-5-6-17-16(11-15)12-21(28-24(17)26)20-8-7-19-18(22(20)14(3)4)9-10-27-23(19)25/h5-14H,1-4H3,(H2,25,27)(H2,26,28). The van der Waals surface area contributed by atoms with Gasteiger partial charge in [-0.3, -0.25) is 0 Å². The molecule has 2 aromatic carbocycles. The maximum Gasteiger partial charge on any atom is 0.131 e. The van der Waals surface area contributed by atoms with Crippen LogP contribution < -0.4 is 11.5 Å². The van der Waals surface area contributed by atoms with E-state index in [9.17, 15) is 0 Å². The average molecular weight is 371 g/mol. The third-order valence-corrected chi connectivity index (χ3v) is 5.42.